The fraction of sp³-hybridized carbons (Fsp3) is 0.545. The highest BCUT2D eigenvalue weighted by Gasteiger charge is 2.19. The number of halogens is 1. The molecule has 0 radical (unpaired) electrons. The highest BCUT2D eigenvalue weighted by atomic mass is 35.5. The number of hydrogen-bond acceptors (Lipinski definition) is 5. The Balaban J connectivity index is 2.24. The van der Waals surface area contributed by atoms with Crippen molar-refractivity contribution in [3.05, 3.63) is 28.3 Å². The van der Waals surface area contributed by atoms with Gasteiger partial charge in [0.2, 0.25) is 0 Å². The first-order valence-corrected chi connectivity index (χ1v) is 6.93. The first-order chi connectivity index (χ1) is 8.63. The highest BCUT2D eigenvalue weighted by molar-refractivity contribution is 6.99. The largest absolute Gasteiger partial charge is 0.309 e. The zero-order valence-corrected chi connectivity index (χ0v) is 12.2. The Kier molecular flexibility index (Phi) is 4.31. The van der Waals surface area contributed by atoms with Crippen LogP contribution in [0.5, 0.6) is 0 Å². The molecule has 98 valence electrons. The predicted octanol–water partition coefficient (Wildman–Crippen LogP) is 2.13. The van der Waals surface area contributed by atoms with E-state index in [-0.39, 0.29) is 6.04 Å². The quantitative estimate of drug-likeness (QED) is 0.914. The maximum atomic E-state index is 6.28. The minimum atomic E-state index is 0.126. The standard InChI is InChI=1S/C11H16ClN5S/c1-4-13-8(9-6-14-18-16-9)5-10-11(12)7(2)15-17(10)3/h6,8,13H,4-5H2,1-3H3. The zero-order chi connectivity index (χ0) is 13.1. The van der Waals surface area contributed by atoms with E-state index < -0.39 is 0 Å². The fourth-order valence-corrected chi connectivity index (χ4v) is 2.66. The van der Waals surface area contributed by atoms with E-state index in [0.29, 0.717) is 0 Å². The number of aryl methyl sites for hydroxylation is 2. The van der Waals surface area contributed by atoms with Gasteiger partial charge in [-0.2, -0.15) is 13.8 Å². The van der Waals surface area contributed by atoms with Crippen LogP contribution in [0.2, 0.25) is 5.02 Å². The molecule has 1 atom stereocenters. The summed E-state index contributed by atoms with van der Waals surface area (Å²) in [4.78, 5) is 0. The molecule has 2 aromatic heterocycles. The molecular weight excluding hydrogens is 270 g/mol. The second-order valence-electron chi connectivity index (χ2n) is 4.12. The molecule has 0 aliphatic heterocycles. The Morgan fingerprint density at radius 2 is 2.33 bits per heavy atom. The van der Waals surface area contributed by atoms with Crippen molar-refractivity contribution in [1.29, 1.82) is 0 Å². The van der Waals surface area contributed by atoms with Gasteiger partial charge < -0.3 is 5.32 Å². The van der Waals surface area contributed by atoms with Crippen LogP contribution in [0.25, 0.3) is 0 Å². The van der Waals surface area contributed by atoms with Gasteiger partial charge in [0.25, 0.3) is 0 Å². The molecule has 0 saturated heterocycles. The van der Waals surface area contributed by atoms with Crippen LogP contribution in [0.1, 0.15) is 30.0 Å². The van der Waals surface area contributed by atoms with Crippen molar-refractivity contribution in [2.24, 2.45) is 7.05 Å². The number of nitrogens with zero attached hydrogens (tertiary/aromatic N) is 4. The van der Waals surface area contributed by atoms with Crippen LogP contribution < -0.4 is 5.32 Å². The molecule has 0 aliphatic rings. The van der Waals surface area contributed by atoms with Gasteiger partial charge in [0, 0.05) is 13.5 Å². The SMILES string of the molecule is CCNC(Cc1c(Cl)c(C)nn1C)c1cnsn1. The summed E-state index contributed by atoms with van der Waals surface area (Å²) >= 11 is 7.50. The van der Waals surface area contributed by atoms with E-state index >= 15 is 0 Å². The summed E-state index contributed by atoms with van der Waals surface area (Å²) in [5.41, 5.74) is 2.84. The summed E-state index contributed by atoms with van der Waals surface area (Å²) in [7, 11) is 1.91. The molecule has 0 aromatic carbocycles. The molecule has 0 fully saturated rings. The van der Waals surface area contributed by atoms with Gasteiger partial charge in [-0.25, -0.2) is 0 Å². The van der Waals surface area contributed by atoms with Crippen molar-refractivity contribution in [1.82, 2.24) is 23.8 Å². The van der Waals surface area contributed by atoms with E-state index in [4.69, 9.17) is 11.6 Å². The van der Waals surface area contributed by atoms with Crippen LogP contribution >= 0.6 is 23.3 Å². The molecule has 0 amide bonds. The second kappa shape index (κ2) is 5.77. The highest BCUT2D eigenvalue weighted by Crippen LogP contribution is 2.25. The third-order valence-corrected chi connectivity index (χ3v) is 3.83. The topological polar surface area (TPSA) is 55.6 Å². The summed E-state index contributed by atoms with van der Waals surface area (Å²) in [6.07, 6.45) is 2.56. The average molecular weight is 286 g/mol. The Labute approximate surface area is 116 Å². The van der Waals surface area contributed by atoms with E-state index in [0.717, 1.165) is 35.1 Å². The predicted molar refractivity (Wildman–Crippen MR) is 73.0 cm³/mol. The lowest BCUT2D eigenvalue weighted by Crippen LogP contribution is -2.24. The first-order valence-electron chi connectivity index (χ1n) is 5.82. The van der Waals surface area contributed by atoms with Gasteiger partial charge in [-0.1, -0.05) is 18.5 Å². The van der Waals surface area contributed by atoms with E-state index in [1.54, 1.807) is 6.20 Å². The average Bonchev–Trinajstić information content (AvgIpc) is 2.93. The molecule has 1 N–H and O–H groups in total. The molecule has 5 nitrogen and oxygen atoms in total. The summed E-state index contributed by atoms with van der Waals surface area (Å²) in [6.45, 7) is 4.86. The lowest BCUT2D eigenvalue weighted by molar-refractivity contribution is 0.520. The first kappa shape index (κ1) is 13.5. The molecule has 0 aliphatic carbocycles. The van der Waals surface area contributed by atoms with Gasteiger partial charge >= 0.3 is 0 Å². The molecule has 18 heavy (non-hydrogen) atoms. The number of aromatic nitrogens is 4. The summed E-state index contributed by atoms with van der Waals surface area (Å²) < 4.78 is 10.2. The van der Waals surface area contributed by atoms with Crippen LogP contribution in [0.3, 0.4) is 0 Å². The van der Waals surface area contributed by atoms with Gasteiger partial charge in [-0.05, 0) is 13.5 Å². The van der Waals surface area contributed by atoms with Gasteiger partial charge in [0.1, 0.15) is 0 Å². The van der Waals surface area contributed by atoms with Crippen molar-refractivity contribution >= 4 is 23.3 Å². The Morgan fingerprint density at radius 1 is 1.56 bits per heavy atom. The van der Waals surface area contributed by atoms with E-state index in [9.17, 15) is 0 Å². The van der Waals surface area contributed by atoms with Crippen molar-refractivity contribution in [2.75, 3.05) is 6.54 Å². The molecular formula is C11H16ClN5S. The minimum absolute atomic E-state index is 0.126. The van der Waals surface area contributed by atoms with Gasteiger partial charge in [0.15, 0.2) is 0 Å². The molecule has 2 aromatic rings. The van der Waals surface area contributed by atoms with Crippen molar-refractivity contribution in [3.63, 3.8) is 0 Å². The molecule has 1 unspecified atom stereocenters. The monoisotopic (exact) mass is 285 g/mol. The lowest BCUT2D eigenvalue weighted by Gasteiger charge is -2.15. The van der Waals surface area contributed by atoms with Gasteiger partial charge in [0.05, 0.1) is 46.1 Å². The number of hydrogen-bond donors (Lipinski definition) is 1. The third-order valence-electron chi connectivity index (χ3n) is 2.85. The van der Waals surface area contributed by atoms with Gasteiger partial charge in [-0.3, -0.25) is 4.68 Å². The lowest BCUT2D eigenvalue weighted by atomic mass is 10.1. The molecule has 2 heterocycles. The molecule has 7 heteroatoms. The number of likely N-dealkylation sites (N-methyl/N-ethyl adjacent to an activating group) is 1. The Morgan fingerprint density at radius 3 is 2.83 bits per heavy atom. The maximum absolute atomic E-state index is 6.28. The van der Waals surface area contributed by atoms with Crippen LogP contribution in [0.4, 0.5) is 0 Å². The van der Waals surface area contributed by atoms with Crippen molar-refractivity contribution in [3.8, 4) is 0 Å². The van der Waals surface area contributed by atoms with Crippen LogP contribution in [-0.4, -0.2) is 25.1 Å². The third kappa shape index (κ3) is 2.71. The normalized spacial score (nSPS) is 12.9. The minimum Gasteiger partial charge on any atom is -0.309 e. The fourth-order valence-electron chi connectivity index (χ4n) is 1.95. The van der Waals surface area contributed by atoms with Crippen LogP contribution in [0, 0.1) is 6.92 Å². The van der Waals surface area contributed by atoms with Crippen molar-refractivity contribution < 1.29 is 0 Å². The smallest absolute Gasteiger partial charge is 0.0916 e. The van der Waals surface area contributed by atoms with E-state index in [1.807, 2.05) is 18.7 Å². The number of nitrogens with one attached hydrogen (secondary N) is 1. The second-order valence-corrected chi connectivity index (χ2v) is 5.05. The van der Waals surface area contributed by atoms with Crippen molar-refractivity contribution in [2.45, 2.75) is 26.3 Å². The van der Waals surface area contributed by atoms with E-state index in [2.05, 4.69) is 26.1 Å². The summed E-state index contributed by atoms with van der Waals surface area (Å²) in [6, 6.07) is 0.126. The van der Waals surface area contributed by atoms with E-state index in [1.165, 1.54) is 11.7 Å². The van der Waals surface area contributed by atoms with Crippen LogP contribution in [-0.2, 0) is 13.5 Å². The summed E-state index contributed by atoms with van der Waals surface area (Å²) in [5, 5.41) is 8.47. The zero-order valence-electron chi connectivity index (χ0n) is 10.6. The molecule has 0 spiro atoms. The molecule has 0 bridgehead atoms. The van der Waals surface area contributed by atoms with Crippen LogP contribution in [0.15, 0.2) is 6.20 Å². The Bertz CT molecular complexity index is 508. The molecule has 2 rings (SSSR count). The summed E-state index contributed by atoms with van der Waals surface area (Å²) in [5.74, 6) is 0. The molecule has 0 saturated carbocycles. The maximum Gasteiger partial charge on any atom is 0.0916 e. The van der Waals surface area contributed by atoms with Gasteiger partial charge in [-0.15, -0.1) is 0 Å². The Hall–Kier alpha value is -0.980. The number of rotatable bonds is 5.